The normalized spacial score (nSPS) is 18.6. The number of amides is 1. The zero-order chi connectivity index (χ0) is 14.9. The molecule has 5 nitrogen and oxygen atoms in total. The molecule has 104 valence electrons. The molecule has 0 aromatic heterocycles. The van der Waals surface area contributed by atoms with Gasteiger partial charge in [0.25, 0.3) is 5.91 Å². The summed E-state index contributed by atoms with van der Waals surface area (Å²) in [5, 5.41) is 20.1. The van der Waals surface area contributed by atoms with Crippen LogP contribution >= 0.6 is 24.0 Å². The third-order valence-electron chi connectivity index (χ3n) is 2.74. The van der Waals surface area contributed by atoms with Gasteiger partial charge in [-0.25, -0.2) is 0 Å². The molecule has 7 heteroatoms. The van der Waals surface area contributed by atoms with Crippen LogP contribution in [0.1, 0.15) is 12.5 Å². The molecule has 1 heterocycles. The highest BCUT2D eigenvalue weighted by Crippen LogP contribution is 2.33. The van der Waals surface area contributed by atoms with Crippen molar-refractivity contribution in [1.82, 2.24) is 4.90 Å². The van der Waals surface area contributed by atoms with Crippen LogP contribution in [0.4, 0.5) is 0 Å². The number of hydrogen-bond donors (Lipinski definition) is 1. The lowest BCUT2D eigenvalue weighted by Gasteiger charge is -2.23. The zero-order valence-electron chi connectivity index (χ0n) is 10.4. The standard InChI is InChI=1S/C13H11NO4S2/c1-7(12(17)18)14-11(16)10(20-13(14)19)6-8-2-4-9(15)5-3-8/h2-7,15H,1H3,(H,17,18)/p-1/b10-6+/t7-/m0/s1. The number of hydrogen-bond acceptors (Lipinski definition) is 6. The second-order valence-electron chi connectivity index (χ2n) is 4.14. The van der Waals surface area contributed by atoms with Gasteiger partial charge in [0.15, 0.2) is 0 Å². The fraction of sp³-hybridized carbons (Fsp3) is 0.154. The van der Waals surface area contributed by atoms with Crippen LogP contribution in [0, 0.1) is 0 Å². The Morgan fingerprint density at radius 2 is 2.05 bits per heavy atom. The molecule has 2 rings (SSSR count). The molecule has 0 unspecified atom stereocenters. The van der Waals surface area contributed by atoms with Gasteiger partial charge in [0.2, 0.25) is 0 Å². The average Bonchev–Trinajstić information content (AvgIpc) is 2.66. The Balaban J connectivity index is 2.28. The van der Waals surface area contributed by atoms with Crippen molar-refractivity contribution < 1.29 is 19.8 Å². The molecule has 0 saturated carbocycles. The molecule has 0 spiro atoms. The van der Waals surface area contributed by atoms with E-state index in [2.05, 4.69) is 0 Å². The highest BCUT2D eigenvalue weighted by Gasteiger charge is 2.35. The van der Waals surface area contributed by atoms with E-state index >= 15 is 0 Å². The molecule has 1 aliphatic heterocycles. The number of carboxylic acids is 1. The molecule has 1 aromatic carbocycles. The van der Waals surface area contributed by atoms with E-state index in [0.717, 1.165) is 16.7 Å². The number of rotatable bonds is 3. The summed E-state index contributed by atoms with van der Waals surface area (Å²) >= 11 is 6.07. The van der Waals surface area contributed by atoms with Gasteiger partial charge in [-0.05, 0) is 30.7 Å². The van der Waals surface area contributed by atoms with Crippen LogP contribution in [0.5, 0.6) is 5.75 Å². The first-order chi connectivity index (χ1) is 9.40. The Hall–Kier alpha value is -1.86. The summed E-state index contributed by atoms with van der Waals surface area (Å²) in [6.07, 6.45) is 1.60. The summed E-state index contributed by atoms with van der Waals surface area (Å²) in [5.41, 5.74) is 0.712. The van der Waals surface area contributed by atoms with E-state index in [1.54, 1.807) is 18.2 Å². The first kappa shape index (κ1) is 14.5. The highest BCUT2D eigenvalue weighted by atomic mass is 32.2. The van der Waals surface area contributed by atoms with E-state index in [1.165, 1.54) is 19.1 Å². The number of nitrogens with zero attached hydrogens (tertiary/aromatic N) is 1. The number of aliphatic carboxylic acids is 1. The van der Waals surface area contributed by atoms with Crippen molar-refractivity contribution in [3.05, 3.63) is 34.7 Å². The summed E-state index contributed by atoms with van der Waals surface area (Å²) in [6.45, 7) is 1.35. The molecule has 1 aliphatic rings. The molecule has 1 amide bonds. The number of aromatic hydroxyl groups is 1. The van der Waals surface area contributed by atoms with E-state index in [4.69, 9.17) is 12.2 Å². The van der Waals surface area contributed by atoms with Crippen LogP contribution in [0.15, 0.2) is 29.2 Å². The fourth-order valence-electron chi connectivity index (χ4n) is 1.64. The number of benzene rings is 1. The van der Waals surface area contributed by atoms with Crippen molar-refractivity contribution in [3.8, 4) is 5.75 Å². The van der Waals surface area contributed by atoms with E-state index in [0.29, 0.717) is 10.5 Å². The quantitative estimate of drug-likeness (QED) is 0.655. The Labute approximate surface area is 124 Å². The van der Waals surface area contributed by atoms with Gasteiger partial charge in [0.05, 0.1) is 16.9 Å². The predicted octanol–water partition coefficient (Wildman–Crippen LogP) is 0.732. The van der Waals surface area contributed by atoms with Crippen LogP contribution in [0.3, 0.4) is 0 Å². The SMILES string of the molecule is C[C@@H](C(=O)[O-])N1C(=O)/C(=C\c2ccc(O)cc2)SC1=S. The Bertz CT molecular complexity index is 609. The number of thiocarbonyl (C=S) groups is 1. The van der Waals surface area contributed by atoms with Crippen LogP contribution in [-0.2, 0) is 9.59 Å². The second kappa shape index (κ2) is 5.64. The van der Waals surface area contributed by atoms with Gasteiger partial charge in [-0.3, -0.25) is 9.69 Å². The van der Waals surface area contributed by atoms with Crippen LogP contribution in [0.2, 0.25) is 0 Å². The third-order valence-corrected chi connectivity index (χ3v) is 4.07. The maximum absolute atomic E-state index is 12.1. The molecular formula is C13H10NO4S2-. The lowest BCUT2D eigenvalue weighted by atomic mass is 10.2. The molecule has 1 aromatic rings. The molecule has 1 atom stereocenters. The Kier molecular flexibility index (Phi) is 4.10. The lowest BCUT2D eigenvalue weighted by Crippen LogP contribution is -2.48. The van der Waals surface area contributed by atoms with Gasteiger partial charge in [-0.1, -0.05) is 36.1 Å². The van der Waals surface area contributed by atoms with Gasteiger partial charge in [-0.15, -0.1) is 0 Å². The topological polar surface area (TPSA) is 80.7 Å². The smallest absolute Gasteiger partial charge is 0.266 e. The predicted molar refractivity (Wildman–Crippen MR) is 77.6 cm³/mol. The van der Waals surface area contributed by atoms with E-state index in [-0.39, 0.29) is 10.1 Å². The van der Waals surface area contributed by atoms with Crippen molar-refractivity contribution >= 4 is 46.3 Å². The summed E-state index contributed by atoms with van der Waals surface area (Å²) < 4.78 is 0.191. The number of carbonyl (C=O) groups excluding carboxylic acids is 2. The minimum Gasteiger partial charge on any atom is -0.548 e. The molecule has 1 saturated heterocycles. The monoisotopic (exact) mass is 308 g/mol. The Morgan fingerprint density at radius 1 is 1.45 bits per heavy atom. The molecule has 0 aliphatic carbocycles. The number of thioether (sulfide) groups is 1. The summed E-state index contributed by atoms with van der Waals surface area (Å²) in [7, 11) is 0. The molecule has 0 bridgehead atoms. The minimum atomic E-state index is -1.35. The fourth-order valence-corrected chi connectivity index (χ4v) is 3.06. The average molecular weight is 308 g/mol. The van der Waals surface area contributed by atoms with Crippen LogP contribution in [0.25, 0.3) is 6.08 Å². The van der Waals surface area contributed by atoms with Gasteiger partial charge in [0, 0.05) is 0 Å². The highest BCUT2D eigenvalue weighted by molar-refractivity contribution is 8.26. The van der Waals surface area contributed by atoms with Crippen molar-refractivity contribution in [2.75, 3.05) is 0 Å². The molecule has 1 fully saturated rings. The first-order valence-corrected chi connectivity index (χ1v) is 6.89. The van der Waals surface area contributed by atoms with Gasteiger partial charge >= 0.3 is 0 Å². The summed E-state index contributed by atoms with van der Waals surface area (Å²) in [4.78, 5) is 24.4. The number of carboxylic acid groups (broad SMARTS) is 1. The summed E-state index contributed by atoms with van der Waals surface area (Å²) in [6, 6.07) is 5.18. The van der Waals surface area contributed by atoms with E-state index < -0.39 is 17.9 Å². The molecular weight excluding hydrogens is 298 g/mol. The number of carbonyl (C=O) groups is 2. The second-order valence-corrected chi connectivity index (χ2v) is 5.81. The summed E-state index contributed by atoms with van der Waals surface area (Å²) in [5.74, 6) is -1.68. The Morgan fingerprint density at radius 3 is 2.60 bits per heavy atom. The zero-order valence-corrected chi connectivity index (χ0v) is 12.0. The molecule has 1 N–H and O–H groups in total. The van der Waals surface area contributed by atoms with Crippen LogP contribution < -0.4 is 5.11 Å². The van der Waals surface area contributed by atoms with Crippen LogP contribution in [-0.4, -0.2) is 32.2 Å². The molecule has 20 heavy (non-hydrogen) atoms. The van der Waals surface area contributed by atoms with Gasteiger partial charge in [-0.2, -0.15) is 0 Å². The maximum atomic E-state index is 12.1. The van der Waals surface area contributed by atoms with Gasteiger partial charge in [0.1, 0.15) is 10.1 Å². The maximum Gasteiger partial charge on any atom is 0.266 e. The van der Waals surface area contributed by atoms with Crippen molar-refractivity contribution in [2.24, 2.45) is 0 Å². The largest absolute Gasteiger partial charge is 0.548 e. The lowest BCUT2D eigenvalue weighted by molar-refractivity contribution is -0.309. The van der Waals surface area contributed by atoms with Crippen molar-refractivity contribution in [3.63, 3.8) is 0 Å². The van der Waals surface area contributed by atoms with Gasteiger partial charge < -0.3 is 15.0 Å². The third kappa shape index (κ3) is 2.83. The van der Waals surface area contributed by atoms with Crippen molar-refractivity contribution in [2.45, 2.75) is 13.0 Å². The molecule has 0 radical (unpaired) electrons. The van der Waals surface area contributed by atoms with E-state index in [9.17, 15) is 19.8 Å². The minimum absolute atomic E-state index is 0.125. The first-order valence-electron chi connectivity index (χ1n) is 5.67. The van der Waals surface area contributed by atoms with E-state index in [1.807, 2.05) is 0 Å². The number of phenolic OH excluding ortho intramolecular Hbond substituents is 1. The number of phenols is 1. The van der Waals surface area contributed by atoms with Crippen molar-refractivity contribution in [1.29, 1.82) is 0 Å².